The maximum Gasteiger partial charge on any atom is 0.160 e. The van der Waals surface area contributed by atoms with Crippen molar-refractivity contribution in [3.8, 4) is 11.5 Å². The number of hydrogen-bond donors (Lipinski definition) is 1. The highest BCUT2D eigenvalue weighted by Gasteiger charge is 2.13. The van der Waals surface area contributed by atoms with Gasteiger partial charge in [0.2, 0.25) is 0 Å². The Hall–Kier alpha value is -2.25. The van der Waals surface area contributed by atoms with E-state index >= 15 is 0 Å². The van der Waals surface area contributed by atoms with Gasteiger partial charge in [-0.25, -0.2) is 9.38 Å². The van der Waals surface area contributed by atoms with Gasteiger partial charge in [-0.2, -0.15) is 0 Å². The van der Waals surface area contributed by atoms with Crippen LogP contribution in [0.2, 0.25) is 0 Å². The number of aliphatic imine (C=N–C) groups is 1. The first-order valence-electron chi connectivity index (χ1n) is 8.77. The van der Waals surface area contributed by atoms with Crippen molar-refractivity contribution in [2.45, 2.75) is 12.2 Å². The van der Waals surface area contributed by atoms with Gasteiger partial charge >= 0.3 is 0 Å². The van der Waals surface area contributed by atoms with Gasteiger partial charge in [-0.1, -0.05) is 30.0 Å². The summed E-state index contributed by atoms with van der Waals surface area (Å²) >= 11 is 1.64. The third-order valence-electron chi connectivity index (χ3n) is 4.32. The zero-order valence-corrected chi connectivity index (χ0v) is 16.4. The Bertz CT molecular complexity index is 783. The smallest absolute Gasteiger partial charge is 0.160 e. The molecule has 2 aromatic carbocycles. The van der Waals surface area contributed by atoms with E-state index in [0.717, 1.165) is 47.6 Å². The monoisotopic (exact) mass is 389 g/mol. The molecule has 0 aromatic heterocycles. The lowest BCUT2D eigenvalue weighted by atomic mass is 10.1. The summed E-state index contributed by atoms with van der Waals surface area (Å²) in [5.74, 6) is 2.07. The standard InChI is InChI=1S/C20H24FN3O2S/c1-25-18-8-5-15(11-19(18)26-2)9-10-24-13-22-20(23-14-24)27-12-16-3-6-17(21)7-4-16/h3-8,11H,9-10,12-14H2,1-2H3,(H,22,23). The van der Waals surface area contributed by atoms with Gasteiger partial charge in [0.05, 0.1) is 27.6 Å². The molecule has 1 aliphatic rings. The highest BCUT2D eigenvalue weighted by atomic mass is 32.2. The van der Waals surface area contributed by atoms with Crippen LogP contribution in [0.15, 0.2) is 47.5 Å². The van der Waals surface area contributed by atoms with Crippen LogP contribution in [-0.2, 0) is 12.2 Å². The van der Waals surface area contributed by atoms with E-state index in [9.17, 15) is 4.39 Å². The van der Waals surface area contributed by atoms with Crippen molar-refractivity contribution >= 4 is 16.9 Å². The van der Waals surface area contributed by atoms with E-state index in [0.29, 0.717) is 6.67 Å². The average Bonchev–Trinajstić information content (AvgIpc) is 2.72. The first kappa shape index (κ1) is 19.5. The number of thioether (sulfide) groups is 1. The third kappa shape index (κ3) is 5.61. The third-order valence-corrected chi connectivity index (χ3v) is 5.35. The fourth-order valence-corrected chi connectivity index (χ4v) is 3.56. The van der Waals surface area contributed by atoms with Crippen LogP contribution in [0.4, 0.5) is 4.39 Å². The van der Waals surface area contributed by atoms with Crippen LogP contribution in [0.3, 0.4) is 0 Å². The van der Waals surface area contributed by atoms with Gasteiger partial charge in [-0.15, -0.1) is 0 Å². The molecule has 0 saturated heterocycles. The van der Waals surface area contributed by atoms with Crippen LogP contribution in [-0.4, -0.2) is 44.2 Å². The van der Waals surface area contributed by atoms with Gasteiger partial charge in [0.15, 0.2) is 16.7 Å². The molecule has 5 nitrogen and oxygen atoms in total. The lowest BCUT2D eigenvalue weighted by Gasteiger charge is -2.26. The van der Waals surface area contributed by atoms with E-state index in [1.54, 1.807) is 38.1 Å². The van der Waals surface area contributed by atoms with Crippen molar-refractivity contribution in [1.82, 2.24) is 10.2 Å². The molecule has 0 bridgehead atoms. The summed E-state index contributed by atoms with van der Waals surface area (Å²) in [7, 11) is 3.29. The molecule has 1 heterocycles. The molecule has 2 aromatic rings. The minimum absolute atomic E-state index is 0.206. The van der Waals surface area contributed by atoms with Crippen LogP contribution in [0.5, 0.6) is 11.5 Å². The van der Waals surface area contributed by atoms with E-state index in [1.165, 1.54) is 17.7 Å². The molecule has 0 aliphatic carbocycles. The van der Waals surface area contributed by atoms with Crippen LogP contribution >= 0.6 is 11.8 Å². The number of nitrogens with one attached hydrogen (secondary N) is 1. The summed E-state index contributed by atoms with van der Waals surface area (Å²) in [5.41, 5.74) is 2.29. The number of halogens is 1. The van der Waals surface area contributed by atoms with Crippen LogP contribution in [0.25, 0.3) is 0 Å². The molecule has 0 atom stereocenters. The summed E-state index contributed by atoms with van der Waals surface area (Å²) in [5, 5.41) is 4.28. The van der Waals surface area contributed by atoms with Crippen molar-refractivity contribution in [3.63, 3.8) is 0 Å². The molecule has 27 heavy (non-hydrogen) atoms. The van der Waals surface area contributed by atoms with Crippen molar-refractivity contribution in [1.29, 1.82) is 0 Å². The number of nitrogens with zero attached hydrogens (tertiary/aromatic N) is 2. The SMILES string of the molecule is COc1ccc(CCN2CN=C(SCc3ccc(F)cc3)NC2)cc1OC. The van der Waals surface area contributed by atoms with E-state index in [4.69, 9.17) is 9.47 Å². The quantitative estimate of drug-likeness (QED) is 0.785. The Morgan fingerprint density at radius 1 is 1.07 bits per heavy atom. The number of hydrogen-bond acceptors (Lipinski definition) is 6. The normalized spacial score (nSPS) is 14.4. The molecule has 0 fully saturated rings. The number of benzene rings is 2. The van der Waals surface area contributed by atoms with E-state index in [2.05, 4.69) is 21.3 Å². The average molecular weight is 389 g/mol. The second kappa shape index (κ2) is 9.62. The Balaban J connectivity index is 1.45. The second-order valence-corrected chi connectivity index (χ2v) is 7.15. The Morgan fingerprint density at radius 3 is 2.48 bits per heavy atom. The molecule has 7 heteroatoms. The van der Waals surface area contributed by atoms with E-state index in [1.807, 2.05) is 12.1 Å². The fourth-order valence-electron chi connectivity index (χ4n) is 2.75. The molecule has 1 N–H and O–H groups in total. The number of methoxy groups -OCH3 is 2. The topological polar surface area (TPSA) is 46.1 Å². The first-order chi connectivity index (χ1) is 13.2. The largest absolute Gasteiger partial charge is 0.493 e. The predicted molar refractivity (Wildman–Crippen MR) is 108 cm³/mol. The molecule has 0 amide bonds. The van der Waals surface area contributed by atoms with Gasteiger partial charge in [0.1, 0.15) is 5.82 Å². The molecular weight excluding hydrogens is 365 g/mol. The minimum atomic E-state index is -0.206. The van der Waals surface area contributed by atoms with Gasteiger partial charge < -0.3 is 14.8 Å². The molecular formula is C20H24FN3O2S. The van der Waals surface area contributed by atoms with Gasteiger partial charge in [0.25, 0.3) is 0 Å². The Labute approximate surface area is 163 Å². The number of ether oxygens (including phenoxy) is 2. The number of rotatable bonds is 7. The number of amidine groups is 1. The van der Waals surface area contributed by atoms with E-state index < -0.39 is 0 Å². The highest BCUT2D eigenvalue weighted by Crippen LogP contribution is 2.27. The van der Waals surface area contributed by atoms with Crippen LogP contribution in [0.1, 0.15) is 11.1 Å². The summed E-state index contributed by atoms with van der Waals surface area (Å²) in [6, 6.07) is 12.6. The summed E-state index contributed by atoms with van der Waals surface area (Å²) in [6.07, 6.45) is 0.912. The maximum absolute atomic E-state index is 12.9. The second-order valence-electron chi connectivity index (χ2n) is 6.19. The Morgan fingerprint density at radius 2 is 1.81 bits per heavy atom. The van der Waals surface area contributed by atoms with Gasteiger partial charge in [0, 0.05) is 12.3 Å². The molecule has 0 radical (unpaired) electrons. The zero-order valence-electron chi connectivity index (χ0n) is 15.6. The molecule has 0 unspecified atom stereocenters. The minimum Gasteiger partial charge on any atom is -0.493 e. The predicted octanol–water partition coefficient (Wildman–Crippen LogP) is 3.50. The maximum atomic E-state index is 12.9. The summed E-state index contributed by atoms with van der Waals surface area (Å²) < 4.78 is 23.6. The van der Waals surface area contributed by atoms with Crippen LogP contribution in [0, 0.1) is 5.82 Å². The zero-order chi connectivity index (χ0) is 19.1. The van der Waals surface area contributed by atoms with E-state index in [-0.39, 0.29) is 5.82 Å². The van der Waals surface area contributed by atoms with Crippen molar-refractivity contribution in [2.24, 2.45) is 4.99 Å². The van der Waals surface area contributed by atoms with Gasteiger partial charge in [-0.05, 0) is 41.8 Å². The van der Waals surface area contributed by atoms with Gasteiger partial charge in [-0.3, -0.25) is 4.90 Å². The lowest BCUT2D eigenvalue weighted by molar-refractivity contribution is 0.270. The van der Waals surface area contributed by atoms with Crippen molar-refractivity contribution in [2.75, 3.05) is 34.1 Å². The molecule has 3 rings (SSSR count). The van der Waals surface area contributed by atoms with Crippen LogP contribution < -0.4 is 14.8 Å². The molecule has 0 saturated carbocycles. The highest BCUT2D eigenvalue weighted by molar-refractivity contribution is 8.13. The lowest BCUT2D eigenvalue weighted by Crippen LogP contribution is -2.42. The molecule has 0 spiro atoms. The fraction of sp³-hybridized carbons (Fsp3) is 0.350. The van der Waals surface area contributed by atoms with Crippen molar-refractivity contribution in [3.05, 3.63) is 59.4 Å². The first-order valence-corrected chi connectivity index (χ1v) is 9.75. The van der Waals surface area contributed by atoms with Crippen molar-refractivity contribution < 1.29 is 13.9 Å². The summed E-state index contributed by atoms with van der Waals surface area (Å²) in [6.45, 7) is 2.34. The molecule has 1 aliphatic heterocycles. The summed E-state index contributed by atoms with van der Waals surface area (Å²) in [4.78, 5) is 6.84. The molecule has 144 valence electrons. The Kier molecular flexibility index (Phi) is 6.95.